The van der Waals surface area contributed by atoms with Crippen molar-refractivity contribution in [3.8, 4) is 5.75 Å². The highest BCUT2D eigenvalue weighted by atomic mass is 35.5. The lowest BCUT2D eigenvalue weighted by molar-refractivity contribution is 0.0287. The summed E-state index contributed by atoms with van der Waals surface area (Å²) in [5, 5.41) is 14.2. The smallest absolute Gasteiger partial charge is 0.257 e. The largest absolute Gasteiger partial charge is 0.497 e. The quantitative estimate of drug-likeness (QED) is 0.346. The highest BCUT2D eigenvalue weighted by Crippen LogP contribution is 2.25. The van der Waals surface area contributed by atoms with Crippen LogP contribution in [0.3, 0.4) is 0 Å². The van der Waals surface area contributed by atoms with E-state index in [1.165, 1.54) is 11.3 Å². The molecule has 0 unspecified atom stereocenters. The number of ether oxygens (including phenoxy) is 2. The van der Waals surface area contributed by atoms with Gasteiger partial charge in [-0.05, 0) is 41.5 Å². The summed E-state index contributed by atoms with van der Waals surface area (Å²) in [6, 6.07) is 16.0. The Labute approximate surface area is 211 Å². The van der Waals surface area contributed by atoms with E-state index < -0.39 is 12.0 Å². The number of aliphatic hydroxyl groups excluding tert-OH is 1. The molecule has 2 N–H and O–H groups in total. The third kappa shape index (κ3) is 5.91. The van der Waals surface area contributed by atoms with E-state index in [1.807, 2.05) is 12.1 Å². The number of halogens is 1. The predicted octanol–water partition coefficient (Wildman–Crippen LogP) is 4.44. The van der Waals surface area contributed by atoms with Gasteiger partial charge in [0.25, 0.3) is 5.91 Å². The van der Waals surface area contributed by atoms with E-state index in [0.29, 0.717) is 16.2 Å². The zero-order valence-electron chi connectivity index (χ0n) is 19.3. The van der Waals surface area contributed by atoms with E-state index in [0.717, 1.165) is 20.8 Å². The Bertz CT molecular complexity index is 1380. The molecule has 2 heterocycles. The number of carbonyl (C=O) groups excluding carboxylic acids is 1. The number of aromatic nitrogens is 1. The van der Waals surface area contributed by atoms with Gasteiger partial charge in [-0.2, -0.15) is 0 Å². The Kier molecular flexibility index (Phi) is 7.87. The fraction of sp³-hybridized carbons (Fsp3) is 0.231. The lowest BCUT2D eigenvalue weighted by atomic mass is 10.1. The third-order valence-electron chi connectivity index (χ3n) is 5.53. The van der Waals surface area contributed by atoms with Gasteiger partial charge >= 0.3 is 0 Å². The van der Waals surface area contributed by atoms with Crippen molar-refractivity contribution in [2.24, 2.45) is 7.05 Å². The summed E-state index contributed by atoms with van der Waals surface area (Å²) in [6.07, 6.45) is 0.772. The van der Waals surface area contributed by atoms with Crippen molar-refractivity contribution in [1.29, 1.82) is 0 Å². The summed E-state index contributed by atoms with van der Waals surface area (Å²) in [4.78, 5) is 27.3. The Morgan fingerprint density at radius 1 is 1.17 bits per heavy atom. The number of aliphatic hydroxyl groups is 1. The molecule has 0 aliphatic carbocycles. The molecule has 4 aromatic rings. The van der Waals surface area contributed by atoms with Gasteiger partial charge in [-0.15, -0.1) is 11.3 Å². The van der Waals surface area contributed by atoms with Crippen LogP contribution in [0.1, 0.15) is 32.5 Å². The topological polar surface area (TPSA) is 89.8 Å². The second-order valence-corrected chi connectivity index (χ2v) is 9.58. The molecular formula is C26H25ClN2O5S. The number of thiophene rings is 1. The summed E-state index contributed by atoms with van der Waals surface area (Å²) in [6.45, 7) is 0.635. The highest BCUT2D eigenvalue weighted by Gasteiger charge is 2.17. The van der Waals surface area contributed by atoms with E-state index >= 15 is 0 Å². The van der Waals surface area contributed by atoms with E-state index in [4.69, 9.17) is 21.1 Å². The first-order valence-corrected chi connectivity index (χ1v) is 12.1. The number of amides is 1. The minimum Gasteiger partial charge on any atom is -0.497 e. The summed E-state index contributed by atoms with van der Waals surface area (Å²) in [7, 11) is 3.38. The zero-order chi connectivity index (χ0) is 24.9. The lowest BCUT2D eigenvalue weighted by Gasteiger charge is -2.11. The van der Waals surface area contributed by atoms with Gasteiger partial charge in [-0.3, -0.25) is 9.59 Å². The van der Waals surface area contributed by atoms with Crippen molar-refractivity contribution < 1.29 is 19.4 Å². The molecule has 4 rings (SSSR count). The highest BCUT2D eigenvalue weighted by molar-refractivity contribution is 7.18. The van der Waals surface area contributed by atoms with Gasteiger partial charge in [0.1, 0.15) is 22.2 Å². The van der Waals surface area contributed by atoms with Crippen molar-refractivity contribution >= 4 is 39.1 Å². The summed E-state index contributed by atoms with van der Waals surface area (Å²) in [5.41, 5.74) is 1.36. The van der Waals surface area contributed by atoms with Crippen LogP contribution in [-0.2, 0) is 24.9 Å². The van der Waals surface area contributed by atoms with Gasteiger partial charge in [0, 0.05) is 29.7 Å². The minimum atomic E-state index is -0.780. The first kappa shape index (κ1) is 24.9. The molecule has 0 aliphatic rings. The van der Waals surface area contributed by atoms with E-state index in [2.05, 4.69) is 5.32 Å². The molecule has 9 heteroatoms. The first-order valence-electron chi connectivity index (χ1n) is 10.9. The number of benzene rings is 2. The van der Waals surface area contributed by atoms with Gasteiger partial charge in [0.2, 0.25) is 5.43 Å². The van der Waals surface area contributed by atoms with Crippen molar-refractivity contribution in [2.45, 2.75) is 19.3 Å². The van der Waals surface area contributed by atoms with Crippen LogP contribution in [0.15, 0.2) is 65.6 Å². The molecule has 1 amide bonds. The predicted molar refractivity (Wildman–Crippen MR) is 137 cm³/mol. The molecule has 0 bridgehead atoms. The number of rotatable bonds is 9. The number of pyridine rings is 1. The van der Waals surface area contributed by atoms with Crippen molar-refractivity contribution in [3.63, 3.8) is 0 Å². The molecule has 0 saturated carbocycles. The number of aryl methyl sites for hydroxylation is 1. The van der Waals surface area contributed by atoms with Crippen LogP contribution in [0.25, 0.3) is 10.2 Å². The molecule has 2 aromatic heterocycles. The molecule has 1 atom stereocenters. The molecular weight excluding hydrogens is 488 g/mol. The number of hydrogen-bond donors (Lipinski definition) is 2. The summed E-state index contributed by atoms with van der Waals surface area (Å²) in [5.74, 6) is 0.278. The molecule has 7 nitrogen and oxygen atoms in total. The number of nitrogens with one attached hydrogen (secondary N) is 1. The third-order valence-corrected chi connectivity index (χ3v) is 6.98. The van der Waals surface area contributed by atoms with Crippen molar-refractivity contribution in [1.82, 2.24) is 9.88 Å². The maximum absolute atomic E-state index is 13.0. The maximum atomic E-state index is 13.0. The molecule has 0 radical (unpaired) electrons. The van der Waals surface area contributed by atoms with Gasteiger partial charge in [-0.25, -0.2) is 0 Å². The van der Waals surface area contributed by atoms with E-state index in [1.54, 1.807) is 67.4 Å². The Morgan fingerprint density at radius 2 is 1.89 bits per heavy atom. The SMILES string of the molecule is COc1ccc([C@@H](O)COCc2cc3c(=O)c(C(=O)NCc4ccc(Cl)cc4)cn(C)c3s2)cc1. The average molecular weight is 513 g/mol. The van der Waals surface area contributed by atoms with Crippen LogP contribution in [0.2, 0.25) is 5.02 Å². The Morgan fingerprint density at radius 3 is 2.57 bits per heavy atom. The van der Waals surface area contributed by atoms with E-state index in [9.17, 15) is 14.7 Å². The Balaban J connectivity index is 1.42. The van der Waals surface area contributed by atoms with Gasteiger partial charge in [-0.1, -0.05) is 35.9 Å². The molecule has 0 saturated heterocycles. The van der Waals surface area contributed by atoms with Gasteiger partial charge in [0.05, 0.1) is 25.7 Å². The monoisotopic (exact) mass is 512 g/mol. The first-order chi connectivity index (χ1) is 16.9. The number of methoxy groups -OCH3 is 1. The van der Waals surface area contributed by atoms with Crippen molar-refractivity contribution in [2.75, 3.05) is 13.7 Å². The number of hydrogen-bond acceptors (Lipinski definition) is 6. The summed E-state index contributed by atoms with van der Waals surface area (Å²) < 4.78 is 12.6. The molecule has 0 fully saturated rings. The molecule has 35 heavy (non-hydrogen) atoms. The number of fused-ring (bicyclic) bond motifs is 1. The van der Waals surface area contributed by atoms with Crippen LogP contribution in [-0.4, -0.2) is 29.3 Å². The standard InChI is InChI=1S/C26H25ClN2O5S/c1-29-13-22(25(32)28-12-16-3-7-18(27)8-4-16)24(31)21-11-20(35-26(21)29)14-34-15-23(30)17-5-9-19(33-2)10-6-17/h3-11,13,23,30H,12,14-15H2,1-2H3,(H,28,32)/t23-/m0/s1. The van der Waals surface area contributed by atoms with E-state index in [-0.39, 0.29) is 30.8 Å². The minimum absolute atomic E-state index is 0.0779. The summed E-state index contributed by atoms with van der Waals surface area (Å²) >= 11 is 7.31. The normalized spacial score (nSPS) is 12.0. The second-order valence-electron chi connectivity index (χ2n) is 8.03. The molecule has 0 aliphatic heterocycles. The van der Waals surface area contributed by atoms with Crippen LogP contribution in [0.4, 0.5) is 0 Å². The zero-order valence-corrected chi connectivity index (χ0v) is 20.9. The van der Waals surface area contributed by atoms with Crippen LogP contribution in [0, 0.1) is 0 Å². The lowest BCUT2D eigenvalue weighted by Crippen LogP contribution is -2.29. The molecule has 0 spiro atoms. The Hall–Kier alpha value is -3.17. The second kappa shape index (κ2) is 11.0. The van der Waals surface area contributed by atoms with Crippen LogP contribution < -0.4 is 15.5 Å². The van der Waals surface area contributed by atoms with Gasteiger partial charge in [0.15, 0.2) is 0 Å². The number of carbonyl (C=O) groups is 1. The average Bonchev–Trinajstić information content (AvgIpc) is 3.31. The fourth-order valence-corrected chi connectivity index (χ4v) is 4.77. The van der Waals surface area contributed by atoms with Crippen molar-refractivity contribution in [3.05, 3.63) is 97.6 Å². The molecule has 2 aromatic carbocycles. The number of nitrogens with zero attached hydrogens (tertiary/aromatic N) is 1. The fourth-order valence-electron chi connectivity index (χ4n) is 3.62. The maximum Gasteiger partial charge on any atom is 0.257 e. The van der Waals surface area contributed by atoms with Gasteiger partial charge < -0.3 is 24.5 Å². The van der Waals surface area contributed by atoms with Crippen LogP contribution >= 0.6 is 22.9 Å². The molecule has 182 valence electrons. The van der Waals surface area contributed by atoms with Crippen LogP contribution in [0.5, 0.6) is 5.75 Å².